The van der Waals surface area contributed by atoms with Gasteiger partial charge in [0.05, 0.1) is 5.75 Å². The van der Waals surface area contributed by atoms with Crippen LogP contribution in [-0.2, 0) is 4.79 Å². The van der Waals surface area contributed by atoms with Gasteiger partial charge in [-0.25, -0.2) is 0 Å². The molecule has 2 N–H and O–H groups in total. The molecule has 0 rings (SSSR count). The molecule has 0 aromatic heterocycles. The predicted octanol–water partition coefficient (Wildman–Crippen LogP) is 1.29. The molecule has 0 atom stereocenters. The minimum Gasteiger partial charge on any atom is -0.330 e. The molecule has 0 unspecified atom stereocenters. The minimum atomic E-state index is -0.193. The molecule has 0 aromatic carbocycles. The van der Waals surface area contributed by atoms with E-state index in [0.717, 1.165) is 5.75 Å². The van der Waals surface area contributed by atoms with Gasteiger partial charge in [-0.2, -0.15) is 11.8 Å². The van der Waals surface area contributed by atoms with Crippen molar-refractivity contribution < 1.29 is 4.79 Å². The Morgan fingerprint density at radius 3 is 2.36 bits per heavy atom. The molecule has 0 fully saturated rings. The summed E-state index contributed by atoms with van der Waals surface area (Å²) in [5.74, 6) is 1.78. The molecular formula is C8H17NOS. The molecule has 0 bridgehead atoms. The number of carbonyl (C=O) groups is 1. The van der Waals surface area contributed by atoms with Gasteiger partial charge in [-0.05, 0) is 0 Å². The molecule has 3 heteroatoms. The Kier molecular flexibility index (Phi) is 4.77. The third kappa shape index (κ3) is 5.27. The van der Waals surface area contributed by atoms with Gasteiger partial charge in [0.15, 0.2) is 0 Å². The molecule has 0 aliphatic heterocycles. The molecule has 0 spiro atoms. The summed E-state index contributed by atoms with van der Waals surface area (Å²) in [7, 11) is 0. The van der Waals surface area contributed by atoms with Crippen LogP contribution in [0.15, 0.2) is 0 Å². The fourth-order valence-electron chi connectivity index (χ4n) is 0.465. The second kappa shape index (κ2) is 4.78. The summed E-state index contributed by atoms with van der Waals surface area (Å²) in [4.78, 5) is 11.3. The van der Waals surface area contributed by atoms with E-state index in [4.69, 9.17) is 5.73 Å². The molecule has 0 heterocycles. The second-order valence-corrected chi connectivity index (χ2v) is 4.62. The Bertz CT molecular complexity index is 129. The average Bonchev–Trinajstić information content (AvgIpc) is 1.86. The van der Waals surface area contributed by atoms with Crippen LogP contribution >= 0.6 is 11.8 Å². The van der Waals surface area contributed by atoms with E-state index >= 15 is 0 Å². The highest BCUT2D eigenvalue weighted by Gasteiger charge is 2.20. The number of nitrogens with two attached hydrogens (primary N) is 1. The molecule has 2 nitrogen and oxygen atoms in total. The van der Waals surface area contributed by atoms with Crippen LogP contribution in [-0.4, -0.2) is 23.8 Å². The van der Waals surface area contributed by atoms with E-state index in [-0.39, 0.29) is 5.41 Å². The summed E-state index contributed by atoms with van der Waals surface area (Å²) < 4.78 is 0. The first kappa shape index (κ1) is 11.0. The third-order valence-corrected chi connectivity index (χ3v) is 2.32. The molecular weight excluding hydrogens is 158 g/mol. The van der Waals surface area contributed by atoms with E-state index in [2.05, 4.69) is 0 Å². The van der Waals surface area contributed by atoms with Gasteiger partial charge in [-0.15, -0.1) is 0 Å². The molecule has 0 aliphatic rings. The van der Waals surface area contributed by atoms with E-state index < -0.39 is 0 Å². The summed E-state index contributed by atoms with van der Waals surface area (Å²) in [5, 5.41) is 0. The summed E-state index contributed by atoms with van der Waals surface area (Å²) in [5.41, 5.74) is 5.10. The lowest BCUT2D eigenvalue weighted by Gasteiger charge is -2.15. The van der Waals surface area contributed by atoms with Crippen LogP contribution in [0.5, 0.6) is 0 Å². The van der Waals surface area contributed by atoms with Crippen LogP contribution in [0.4, 0.5) is 0 Å². The van der Waals surface area contributed by atoms with Gasteiger partial charge in [0, 0.05) is 17.7 Å². The quantitative estimate of drug-likeness (QED) is 0.655. The SMILES string of the molecule is CC(C)(C)C(=O)CSCCN. The highest BCUT2D eigenvalue weighted by Crippen LogP contribution is 2.17. The topological polar surface area (TPSA) is 43.1 Å². The van der Waals surface area contributed by atoms with Gasteiger partial charge in [0.2, 0.25) is 0 Å². The van der Waals surface area contributed by atoms with Crippen LogP contribution in [0.1, 0.15) is 20.8 Å². The Labute approximate surface area is 72.9 Å². The minimum absolute atomic E-state index is 0.193. The fraction of sp³-hybridized carbons (Fsp3) is 0.875. The van der Waals surface area contributed by atoms with Crippen molar-refractivity contribution in [1.29, 1.82) is 0 Å². The highest BCUT2D eigenvalue weighted by atomic mass is 32.2. The molecule has 66 valence electrons. The predicted molar refractivity (Wildman–Crippen MR) is 50.8 cm³/mol. The van der Waals surface area contributed by atoms with Crippen LogP contribution in [0.2, 0.25) is 0 Å². The van der Waals surface area contributed by atoms with Crippen molar-refractivity contribution in [2.75, 3.05) is 18.1 Å². The Morgan fingerprint density at radius 2 is 2.00 bits per heavy atom. The van der Waals surface area contributed by atoms with Crippen molar-refractivity contribution in [1.82, 2.24) is 0 Å². The van der Waals surface area contributed by atoms with E-state index in [1.807, 2.05) is 20.8 Å². The zero-order valence-corrected chi connectivity index (χ0v) is 8.33. The molecule has 11 heavy (non-hydrogen) atoms. The molecule has 0 saturated heterocycles. The van der Waals surface area contributed by atoms with E-state index in [1.54, 1.807) is 11.8 Å². The van der Waals surface area contributed by atoms with Gasteiger partial charge in [0.1, 0.15) is 5.78 Å². The summed E-state index contributed by atoms with van der Waals surface area (Å²) in [6.07, 6.45) is 0. The van der Waals surface area contributed by atoms with Gasteiger partial charge < -0.3 is 5.73 Å². The summed E-state index contributed by atoms with van der Waals surface area (Å²) >= 11 is 1.61. The normalized spacial score (nSPS) is 11.6. The van der Waals surface area contributed by atoms with Crippen molar-refractivity contribution >= 4 is 17.5 Å². The smallest absolute Gasteiger partial charge is 0.148 e. The monoisotopic (exact) mass is 175 g/mol. The van der Waals surface area contributed by atoms with Crippen molar-refractivity contribution in [2.45, 2.75) is 20.8 Å². The molecule has 0 amide bonds. The zero-order chi connectivity index (χ0) is 8.91. The first-order valence-corrected chi connectivity index (χ1v) is 4.95. The standard InChI is InChI=1S/C8H17NOS/c1-8(2,3)7(10)6-11-5-4-9/h4-6,9H2,1-3H3. The number of carbonyl (C=O) groups excluding carboxylic acids is 1. The van der Waals surface area contributed by atoms with Crippen molar-refractivity contribution in [3.63, 3.8) is 0 Å². The zero-order valence-electron chi connectivity index (χ0n) is 7.52. The van der Waals surface area contributed by atoms with Crippen LogP contribution < -0.4 is 5.73 Å². The third-order valence-electron chi connectivity index (χ3n) is 1.33. The van der Waals surface area contributed by atoms with E-state index in [1.165, 1.54) is 0 Å². The van der Waals surface area contributed by atoms with Crippen LogP contribution in [0.3, 0.4) is 0 Å². The van der Waals surface area contributed by atoms with Gasteiger partial charge >= 0.3 is 0 Å². The van der Waals surface area contributed by atoms with E-state index in [0.29, 0.717) is 18.1 Å². The Morgan fingerprint density at radius 1 is 1.45 bits per heavy atom. The summed E-state index contributed by atoms with van der Waals surface area (Å²) in [6, 6.07) is 0. The second-order valence-electron chi connectivity index (χ2n) is 3.51. The molecule has 0 radical (unpaired) electrons. The number of ketones is 1. The van der Waals surface area contributed by atoms with Crippen LogP contribution in [0.25, 0.3) is 0 Å². The number of hydrogen-bond donors (Lipinski definition) is 1. The number of rotatable bonds is 4. The Balaban J connectivity index is 3.54. The number of thioether (sulfide) groups is 1. The lowest BCUT2D eigenvalue weighted by molar-refractivity contribution is -0.123. The number of hydrogen-bond acceptors (Lipinski definition) is 3. The van der Waals surface area contributed by atoms with Crippen molar-refractivity contribution in [3.8, 4) is 0 Å². The van der Waals surface area contributed by atoms with Crippen molar-refractivity contribution in [2.24, 2.45) is 11.1 Å². The average molecular weight is 175 g/mol. The Hall–Kier alpha value is -0.0200. The first-order chi connectivity index (χ1) is 4.98. The number of Topliss-reactive ketones (excluding diaryl/α,β-unsaturated/α-hetero) is 1. The first-order valence-electron chi connectivity index (χ1n) is 3.79. The summed E-state index contributed by atoms with van der Waals surface area (Å²) in [6.45, 7) is 6.48. The van der Waals surface area contributed by atoms with Gasteiger partial charge in [0.25, 0.3) is 0 Å². The van der Waals surface area contributed by atoms with Gasteiger partial charge in [-0.3, -0.25) is 4.79 Å². The fourth-order valence-corrected chi connectivity index (χ4v) is 1.39. The lowest BCUT2D eigenvalue weighted by Crippen LogP contribution is -2.22. The van der Waals surface area contributed by atoms with E-state index in [9.17, 15) is 4.79 Å². The largest absolute Gasteiger partial charge is 0.330 e. The molecule has 0 aromatic rings. The maximum Gasteiger partial charge on any atom is 0.148 e. The maximum atomic E-state index is 11.3. The van der Waals surface area contributed by atoms with Crippen LogP contribution in [0, 0.1) is 5.41 Å². The van der Waals surface area contributed by atoms with Crippen molar-refractivity contribution in [3.05, 3.63) is 0 Å². The molecule has 0 saturated carbocycles. The highest BCUT2D eigenvalue weighted by molar-refractivity contribution is 7.99. The molecule has 0 aliphatic carbocycles. The maximum absolute atomic E-state index is 11.3. The lowest BCUT2D eigenvalue weighted by atomic mass is 9.92. The van der Waals surface area contributed by atoms with Gasteiger partial charge in [-0.1, -0.05) is 20.8 Å².